The first-order chi connectivity index (χ1) is 8.66. The van der Waals surface area contributed by atoms with Crippen molar-refractivity contribution in [2.24, 2.45) is 0 Å². The number of aromatic nitrogens is 1. The van der Waals surface area contributed by atoms with Crippen LogP contribution in [-0.2, 0) is 5.75 Å². The predicted octanol–water partition coefficient (Wildman–Crippen LogP) is 3.28. The third-order valence-corrected chi connectivity index (χ3v) is 3.59. The van der Waals surface area contributed by atoms with E-state index in [1.807, 2.05) is 12.1 Å². The van der Waals surface area contributed by atoms with Crippen molar-refractivity contribution in [3.05, 3.63) is 53.9 Å². The minimum absolute atomic E-state index is 0.00478. The van der Waals surface area contributed by atoms with Gasteiger partial charge in [-0.1, -0.05) is 0 Å². The average Bonchev–Trinajstić information content (AvgIpc) is 2.38. The molecule has 3 nitrogen and oxygen atoms in total. The molecule has 92 valence electrons. The Morgan fingerprint density at radius 1 is 1.28 bits per heavy atom. The summed E-state index contributed by atoms with van der Waals surface area (Å²) in [5.74, 6) is 0.850. The summed E-state index contributed by atoms with van der Waals surface area (Å²) >= 11 is 1.60. The maximum Gasteiger partial charge on any atom is 0.159 e. The van der Waals surface area contributed by atoms with Gasteiger partial charge >= 0.3 is 0 Å². The Morgan fingerprint density at radius 3 is 2.67 bits per heavy atom. The number of phenols is 1. The second-order valence-corrected chi connectivity index (χ2v) is 4.92. The van der Waals surface area contributed by atoms with E-state index in [1.54, 1.807) is 42.4 Å². The van der Waals surface area contributed by atoms with Crippen molar-refractivity contribution in [3.8, 4) is 5.75 Å². The molecule has 1 aromatic heterocycles. The summed E-state index contributed by atoms with van der Waals surface area (Å²) in [6.07, 6.45) is 3.46. The fourth-order valence-electron chi connectivity index (χ4n) is 1.52. The van der Waals surface area contributed by atoms with E-state index >= 15 is 0 Å². The Morgan fingerprint density at radius 2 is 2.00 bits per heavy atom. The van der Waals surface area contributed by atoms with E-state index in [9.17, 15) is 9.90 Å². The van der Waals surface area contributed by atoms with Gasteiger partial charge in [-0.25, -0.2) is 0 Å². The number of hydrogen-bond donors (Lipinski definition) is 1. The zero-order valence-electron chi connectivity index (χ0n) is 9.96. The number of carbonyl (C=O) groups is 1. The molecule has 0 saturated heterocycles. The van der Waals surface area contributed by atoms with Crippen molar-refractivity contribution in [1.82, 2.24) is 4.98 Å². The molecule has 0 fully saturated rings. The molecular formula is C14H13NO2S. The topological polar surface area (TPSA) is 50.2 Å². The highest BCUT2D eigenvalue weighted by atomic mass is 32.2. The van der Waals surface area contributed by atoms with E-state index in [4.69, 9.17) is 0 Å². The Hall–Kier alpha value is -1.81. The number of ketones is 1. The zero-order chi connectivity index (χ0) is 13.0. The van der Waals surface area contributed by atoms with Crippen LogP contribution in [0.1, 0.15) is 22.8 Å². The van der Waals surface area contributed by atoms with E-state index in [0.717, 1.165) is 10.5 Å². The molecule has 0 spiro atoms. The first-order valence-corrected chi connectivity index (χ1v) is 6.51. The summed E-state index contributed by atoms with van der Waals surface area (Å²) in [4.78, 5) is 16.3. The Bertz CT molecular complexity index is 555. The van der Waals surface area contributed by atoms with Crippen molar-refractivity contribution in [1.29, 1.82) is 0 Å². The summed E-state index contributed by atoms with van der Waals surface area (Å²) in [6.45, 7) is 1.52. The zero-order valence-corrected chi connectivity index (χ0v) is 10.8. The third kappa shape index (κ3) is 3.11. The average molecular weight is 259 g/mol. The van der Waals surface area contributed by atoms with Gasteiger partial charge in [0.05, 0.1) is 0 Å². The molecule has 0 bridgehead atoms. The number of pyridine rings is 1. The molecule has 0 atom stereocenters. The van der Waals surface area contributed by atoms with Crippen LogP contribution in [-0.4, -0.2) is 15.9 Å². The number of benzene rings is 1. The van der Waals surface area contributed by atoms with Crippen LogP contribution in [0.5, 0.6) is 5.75 Å². The molecule has 1 heterocycles. The van der Waals surface area contributed by atoms with Gasteiger partial charge in [-0.2, -0.15) is 0 Å². The first kappa shape index (κ1) is 12.6. The SMILES string of the molecule is CC(=O)c1ccc(O)c(CSc2ccncc2)c1. The monoisotopic (exact) mass is 259 g/mol. The second-order valence-electron chi connectivity index (χ2n) is 3.87. The maximum atomic E-state index is 11.3. The van der Waals surface area contributed by atoms with E-state index in [2.05, 4.69) is 4.98 Å². The van der Waals surface area contributed by atoms with Gasteiger partial charge in [0.15, 0.2) is 5.78 Å². The molecule has 0 aliphatic heterocycles. The van der Waals surface area contributed by atoms with Gasteiger partial charge in [-0.05, 0) is 37.3 Å². The van der Waals surface area contributed by atoms with Crippen LogP contribution >= 0.6 is 11.8 Å². The van der Waals surface area contributed by atoms with Crippen LogP contribution < -0.4 is 0 Å². The Balaban J connectivity index is 2.14. The molecule has 1 N–H and O–H groups in total. The molecule has 4 heteroatoms. The van der Waals surface area contributed by atoms with E-state index in [-0.39, 0.29) is 11.5 Å². The van der Waals surface area contributed by atoms with Gasteiger partial charge in [0, 0.05) is 34.2 Å². The van der Waals surface area contributed by atoms with Gasteiger partial charge < -0.3 is 5.11 Å². The number of thioether (sulfide) groups is 1. The van der Waals surface area contributed by atoms with Crippen molar-refractivity contribution < 1.29 is 9.90 Å². The summed E-state index contributed by atoms with van der Waals surface area (Å²) in [5, 5.41) is 9.76. The van der Waals surface area contributed by atoms with E-state index in [0.29, 0.717) is 11.3 Å². The van der Waals surface area contributed by atoms with Crippen LogP contribution in [0.3, 0.4) is 0 Å². The minimum atomic E-state index is 0.00478. The Kier molecular flexibility index (Phi) is 3.99. The largest absolute Gasteiger partial charge is 0.508 e. The first-order valence-electron chi connectivity index (χ1n) is 5.52. The molecular weight excluding hydrogens is 246 g/mol. The maximum absolute atomic E-state index is 11.3. The molecule has 2 rings (SSSR count). The van der Waals surface area contributed by atoms with Gasteiger partial charge in [-0.15, -0.1) is 11.8 Å². The Labute approximate surface area is 110 Å². The minimum Gasteiger partial charge on any atom is -0.508 e. The summed E-state index contributed by atoms with van der Waals surface area (Å²) in [6, 6.07) is 8.77. The van der Waals surface area contributed by atoms with E-state index in [1.165, 1.54) is 6.92 Å². The van der Waals surface area contributed by atoms with Crippen molar-refractivity contribution in [3.63, 3.8) is 0 Å². The number of nitrogens with zero attached hydrogens (tertiary/aromatic N) is 1. The number of rotatable bonds is 4. The van der Waals surface area contributed by atoms with Gasteiger partial charge in [0.1, 0.15) is 5.75 Å². The fraction of sp³-hybridized carbons (Fsp3) is 0.143. The van der Waals surface area contributed by atoms with Gasteiger partial charge in [-0.3, -0.25) is 9.78 Å². The summed E-state index contributed by atoms with van der Waals surface area (Å²) in [7, 11) is 0. The predicted molar refractivity (Wildman–Crippen MR) is 71.9 cm³/mol. The van der Waals surface area contributed by atoms with Crippen molar-refractivity contribution >= 4 is 17.5 Å². The van der Waals surface area contributed by atoms with Crippen LogP contribution in [0.2, 0.25) is 0 Å². The van der Waals surface area contributed by atoms with Gasteiger partial charge in [0.2, 0.25) is 0 Å². The summed E-state index contributed by atoms with van der Waals surface area (Å²) in [5.41, 5.74) is 1.39. The smallest absolute Gasteiger partial charge is 0.159 e. The highest BCUT2D eigenvalue weighted by molar-refractivity contribution is 7.98. The third-order valence-electron chi connectivity index (χ3n) is 2.53. The fourth-order valence-corrected chi connectivity index (χ4v) is 2.38. The quantitative estimate of drug-likeness (QED) is 0.676. The molecule has 18 heavy (non-hydrogen) atoms. The number of phenolic OH excluding ortho intramolecular Hbond substituents is 1. The summed E-state index contributed by atoms with van der Waals surface area (Å²) < 4.78 is 0. The van der Waals surface area contributed by atoms with E-state index < -0.39 is 0 Å². The molecule has 0 radical (unpaired) electrons. The normalized spacial score (nSPS) is 10.3. The highest BCUT2D eigenvalue weighted by Gasteiger charge is 2.06. The molecule has 0 saturated carbocycles. The number of Topliss-reactive ketones (excluding diaryl/α,β-unsaturated/α-hetero) is 1. The van der Waals surface area contributed by atoms with Crippen molar-refractivity contribution in [2.45, 2.75) is 17.6 Å². The molecule has 2 aromatic rings. The number of aromatic hydroxyl groups is 1. The van der Waals surface area contributed by atoms with Crippen molar-refractivity contribution in [2.75, 3.05) is 0 Å². The second kappa shape index (κ2) is 5.69. The lowest BCUT2D eigenvalue weighted by Gasteiger charge is -2.06. The standard InChI is InChI=1S/C14H13NO2S/c1-10(16)11-2-3-14(17)12(8-11)9-18-13-4-6-15-7-5-13/h2-8,17H,9H2,1H3. The van der Waals surface area contributed by atoms with Crippen LogP contribution in [0.4, 0.5) is 0 Å². The number of hydrogen-bond acceptors (Lipinski definition) is 4. The molecule has 0 aliphatic rings. The highest BCUT2D eigenvalue weighted by Crippen LogP contribution is 2.27. The van der Waals surface area contributed by atoms with Gasteiger partial charge in [0.25, 0.3) is 0 Å². The number of carbonyl (C=O) groups excluding carboxylic acids is 1. The molecule has 0 amide bonds. The molecule has 0 unspecified atom stereocenters. The lowest BCUT2D eigenvalue weighted by atomic mass is 10.1. The van der Waals surface area contributed by atoms with Crippen LogP contribution in [0.25, 0.3) is 0 Å². The van der Waals surface area contributed by atoms with Crippen LogP contribution in [0.15, 0.2) is 47.6 Å². The molecule has 1 aromatic carbocycles. The van der Waals surface area contributed by atoms with Crippen LogP contribution in [0, 0.1) is 0 Å². The lowest BCUT2D eigenvalue weighted by Crippen LogP contribution is -1.93. The molecule has 0 aliphatic carbocycles. The lowest BCUT2D eigenvalue weighted by molar-refractivity contribution is 0.101.